The molecule has 0 spiro atoms. The maximum atomic E-state index is 13.5. The van der Waals surface area contributed by atoms with Crippen molar-refractivity contribution in [1.82, 2.24) is 4.57 Å². The molecule has 0 radical (unpaired) electrons. The van der Waals surface area contributed by atoms with E-state index < -0.39 is 28.3 Å². The van der Waals surface area contributed by atoms with Crippen molar-refractivity contribution in [2.75, 3.05) is 5.32 Å². The molecule has 0 aliphatic carbocycles. The summed E-state index contributed by atoms with van der Waals surface area (Å²) in [6.07, 6.45) is 4.22. The first-order chi connectivity index (χ1) is 13.6. The Balaban J connectivity index is 2.33. The quantitative estimate of drug-likeness (QED) is 0.570. The molecule has 1 amide bonds. The number of anilines is 1. The van der Waals surface area contributed by atoms with Crippen LogP contribution in [0, 0.1) is 17.1 Å². The zero-order valence-corrected chi connectivity index (χ0v) is 17.1. The first-order valence-corrected chi connectivity index (χ1v) is 10.0. The Morgan fingerprint density at radius 1 is 1.55 bits per heavy atom. The Bertz CT molecular complexity index is 1010. The van der Waals surface area contributed by atoms with Crippen molar-refractivity contribution in [3.63, 3.8) is 0 Å². The van der Waals surface area contributed by atoms with E-state index in [1.54, 1.807) is 20.0 Å². The van der Waals surface area contributed by atoms with E-state index in [2.05, 4.69) is 11.9 Å². The second-order valence-corrected chi connectivity index (χ2v) is 7.94. The summed E-state index contributed by atoms with van der Waals surface area (Å²) in [5, 5.41) is 27.2. The molecule has 2 rings (SSSR count). The second kappa shape index (κ2) is 9.13. The minimum atomic E-state index is -1.80. The number of aryl methyl sites for hydroxylation is 1. The highest BCUT2D eigenvalue weighted by molar-refractivity contribution is 7.82. The van der Waals surface area contributed by atoms with Gasteiger partial charge in [-0.25, -0.2) is 13.7 Å². The summed E-state index contributed by atoms with van der Waals surface area (Å²) in [5.74, 6) is -1.19. The molecular formula is C20H23FN4O3S. The Morgan fingerprint density at radius 2 is 2.24 bits per heavy atom. The van der Waals surface area contributed by atoms with E-state index in [1.807, 2.05) is 0 Å². The minimum Gasteiger partial charge on any atom is -0.386 e. The first-order valence-electron chi connectivity index (χ1n) is 8.81. The van der Waals surface area contributed by atoms with Crippen molar-refractivity contribution in [2.45, 2.75) is 36.7 Å². The molecular weight excluding hydrogens is 395 g/mol. The third kappa shape index (κ3) is 5.38. The largest absolute Gasteiger partial charge is 0.386 e. The van der Waals surface area contributed by atoms with Crippen molar-refractivity contribution >= 4 is 22.6 Å². The van der Waals surface area contributed by atoms with Gasteiger partial charge < -0.3 is 15.0 Å². The number of rotatable bonds is 8. The molecule has 0 saturated carbocycles. The molecule has 4 N–H and O–H groups in total. The number of nitrogens with zero attached hydrogens (tertiary/aromatic N) is 2. The van der Waals surface area contributed by atoms with Crippen LogP contribution in [0.3, 0.4) is 0 Å². The topological polar surface area (TPSA) is 121 Å². The standard InChI is InChI=1S/C20H23FN4O3S/c1-4-20(2,27)9-5-6-15-17(29(23)28)12-25(3)18(15)19(26)24-14-7-8-16(21)13(10-14)11-22/h4,7-8,10,12,27H,1,5-6,9,23H2,2-3H3,(H,24,26). The van der Waals surface area contributed by atoms with Crippen molar-refractivity contribution in [3.8, 4) is 6.07 Å². The van der Waals surface area contributed by atoms with Gasteiger partial charge in [-0.05, 0) is 44.4 Å². The number of amides is 1. The van der Waals surface area contributed by atoms with Gasteiger partial charge in [0.25, 0.3) is 5.91 Å². The summed E-state index contributed by atoms with van der Waals surface area (Å²) < 4.78 is 27.0. The predicted octanol–water partition coefficient (Wildman–Crippen LogP) is 2.53. The molecule has 154 valence electrons. The minimum absolute atomic E-state index is 0.190. The number of nitrogens with two attached hydrogens (primary N) is 1. The van der Waals surface area contributed by atoms with Gasteiger partial charge in [0.2, 0.25) is 0 Å². The summed E-state index contributed by atoms with van der Waals surface area (Å²) in [6, 6.07) is 5.40. The molecule has 0 fully saturated rings. The van der Waals surface area contributed by atoms with Gasteiger partial charge in [-0.15, -0.1) is 6.58 Å². The Hall–Kier alpha value is -2.80. The van der Waals surface area contributed by atoms with E-state index in [9.17, 15) is 18.5 Å². The highest BCUT2D eigenvalue weighted by atomic mass is 32.2. The van der Waals surface area contributed by atoms with Crippen molar-refractivity contribution < 1.29 is 18.5 Å². The lowest BCUT2D eigenvalue weighted by molar-refractivity contribution is 0.0997. The van der Waals surface area contributed by atoms with E-state index in [1.165, 1.54) is 29.0 Å². The lowest BCUT2D eigenvalue weighted by Crippen LogP contribution is -2.21. The van der Waals surface area contributed by atoms with Crippen LogP contribution in [-0.2, 0) is 24.5 Å². The summed E-state index contributed by atoms with van der Waals surface area (Å²) in [5.41, 5.74) is -0.232. The van der Waals surface area contributed by atoms with Gasteiger partial charge in [0.15, 0.2) is 0 Å². The average molecular weight is 418 g/mol. The number of benzene rings is 1. The normalized spacial score (nSPS) is 13.9. The molecule has 2 unspecified atom stereocenters. The fraction of sp³-hybridized carbons (Fsp3) is 0.300. The molecule has 2 atom stereocenters. The molecule has 2 aromatic rings. The van der Waals surface area contributed by atoms with Crippen LogP contribution in [0.2, 0.25) is 0 Å². The number of hydrogen-bond acceptors (Lipinski definition) is 4. The number of carbonyl (C=O) groups is 1. The van der Waals surface area contributed by atoms with Crippen molar-refractivity contribution in [2.24, 2.45) is 12.2 Å². The molecule has 1 heterocycles. The van der Waals surface area contributed by atoms with E-state index in [0.29, 0.717) is 29.7 Å². The monoisotopic (exact) mass is 418 g/mol. The van der Waals surface area contributed by atoms with E-state index in [4.69, 9.17) is 10.4 Å². The molecule has 0 aliphatic heterocycles. The molecule has 29 heavy (non-hydrogen) atoms. The maximum absolute atomic E-state index is 13.5. The van der Waals surface area contributed by atoms with Gasteiger partial charge in [0, 0.05) is 24.5 Å². The molecule has 1 aromatic carbocycles. The lowest BCUT2D eigenvalue weighted by Gasteiger charge is -2.18. The summed E-state index contributed by atoms with van der Waals surface area (Å²) in [6.45, 7) is 5.21. The van der Waals surface area contributed by atoms with Gasteiger partial charge >= 0.3 is 0 Å². The van der Waals surface area contributed by atoms with Crippen LogP contribution in [-0.4, -0.2) is 25.4 Å². The van der Waals surface area contributed by atoms with E-state index in [0.717, 1.165) is 6.07 Å². The number of nitriles is 1. The SMILES string of the molecule is C=CC(C)(O)CCCc1c(S(N)=O)cn(C)c1C(=O)Nc1ccc(F)c(C#N)c1. The van der Waals surface area contributed by atoms with Crippen LogP contribution < -0.4 is 10.5 Å². The third-order valence-electron chi connectivity index (χ3n) is 4.57. The Morgan fingerprint density at radius 3 is 2.83 bits per heavy atom. The maximum Gasteiger partial charge on any atom is 0.272 e. The van der Waals surface area contributed by atoms with Gasteiger partial charge in [-0.2, -0.15) is 5.26 Å². The number of hydrogen-bond donors (Lipinski definition) is 3. The zero-order chi connectivity index (χ0) is 21.8. The second-order valence-electron chi connectivity index (χ2n) is 6.90. The van der Waals surface area contributed by atoms with E-state index >= 15 is 0 Å². The van der Waals surface area contributed by atoms with Crippen LogP contribution in [0.15, 0.2) is 41.9 Å². The fourth-order valence-corrected chi connectivity index (χ4v) is 3.67. The highest BCUT2D eigenvalue weighted by Gasteiger charge is 2.24. The van der Waals surface area contributed by atoms with E-state index in [-0.39, 0.29) is 16.9 Å². The molecule has 0 bridgehead atoms. The summed E-state index contributed by atoms with van der Waals surface area (Å²) in [7, 11) is -0.179. The third-order valence-corrected chi connectivity index (χ3v) is 5.36. The van der Waals surface area contributed by atoms with Crippen LogP contribution in [0.1, 0.15) is 41.4 Å². The Labute approximate surface area is 171 Å². The van der Waals surface area contributed by atoms with Gasteiger partial charge in [0.1, 0.15) is 28.6 Å². The van der Waals surface area contributed by atoms with Gasteiger partial charge in [-0.1, -0.05) is 6.08 Å². The predicted molar refractivity (Wildman–Crippen MR) is 109 cm³/mol. The molecule has 0 saturated heterocycles. The smallest absolute Gasteiger partial charge is 0.272 e. The molecule has 9 heteroatoms. The van der Waals surface area contributed by atoms with Gasteiger partial charge in [-0.3, -0.25) is 4.79 Å². The number of halogens is 1. The average Bonchev–Trinajstić information content (AvgIpc) is 2.99. The summed E-state index contributed by atoms with van der Waals surface area (Å²) in [4.78, 5) is 13.2. The van der Waals surface area contributed by atoms with Crippen LogP contribution in [0.25, 0.3) is 0 Å². The van der Waals surface area contributed by atoms with Gasteiger partial charge in [0.05, 0.1) is 16.1 Å². The Kier molecular flexibility index (Phi) is 7.08. The molecule has 1 aromatic heterocycles. The van der Waals surface area contributed by atoms with Crippen molar-refractivity contribution in [1.29, 1.82) is 5.26 Å². The zero-order valence-electron chi connectivity index (χ0n) is 16.2. The highest BCUT2D eigenvalue weighted by Crippen LogP contribution is 2.25. The van der Waals surface area contributed by atoms with Crippen LogP contribution >= 0.6 is 0 Å². The molecule has 7 nitrogen and oxygen atoms in total. The van der Waals surface area contributed by atoms with Crippen molar-refractivity contribution in [3.05, 3.63) is 59.7 Å². The van der Waals surface area contributed by atoms with Crippen LogP contribution in [0.5, 0.6) is 0 Å². The number of aliphatic hydroxyl groups is 1. The number of carbonyl (C=O) groups excluding carboxylic acids is 1. The van der Waals surface area contributed by atoms with Crippen LogP contribution in [0.4, 0.5) is 10.1 Å². The fourth-order valence-electron chi connectivity index (χ4n) is 2.96. The lowest BCUT2D eigenvalue weighted by atomic mass is 9.97. The first kappa shape index (κ1) is 22.5. The molecule has 0 aliphatic rings. The number of aromatic nitrogens is 1. The summed E-state index contributed by atoms with van der Waals surface area (Å²) >= 11 is 0. The number of nitrogens with one attached hydrogen (secondary N) is 1.